The number of aryl methyl sites for hydroxylation is 2. The summed E-state index contributed by atoms with van der Waals surface area (Å²) < 4.78 is 34.0. The molecule has 0 aromatic heterocycles. The van der Waals surface area contributed by atoms with Crippen LogP contribution in [0, 0.1) is 13.8 Å². The van der Waals surface area contributed by atoms with E-state index in [1.165, 1.54) is 28.4 Å². The molecule has 0 heterocycles. The van der Waals surface area contributed by atoms with Crippen molar-refractivity contribution in [3.05, 3.63) is 46.5 Å². The Morgan fingerprint density at radius 2 is 0.816 bits per heavy atom. The summed E-state index contributed by atoms with van der Waals surface area (Å²) in [6.45, 7) is 3.88. The average molecular weight is 519 g/mol. The maximum absolute atomic E-state index is 12.2. The molecule has 0 aliphatic rings. The monoisotopic (exact) mass is 518 g/mol. The summed E-state index contributed by atoms with van der Waals surface area (Å²) in [6, 6.07) is 7.44. The topological polar surface area (TPSA) is 89.5 Å². The van der Waals surface area contributed by atoms with E-state index in [1.807, 2.05) is 26.0 Å². The molecule has 0 bridgehead atoms. The number of carbonyl (C=O) groups is 2. The summed E-state index contributed by atoms with van der Waals surface area (Å²) >= 11 is 0. The fourth-order valence-electron chi connectivity index (χ4n) is 5.24. The quantitative estimate of drug-likeness (QED) is 0.251. The van der Waals surface area contributed by atoms with Gasteiger partial charge >= 0.3 is 0 Å². The van der Waals surface area contributed by atoms with Crippen LogP contribution >= 0.6 is 0 Å². The Kier molecular flexibility index (Phi) is 7.35. The highest BCUT2D eigenvalue weighted by atomic mass is 16.5. The lowest BCUT2D eigenvalue weighted by Gasteiger charge is -2.23. The third kappa shape index (κ3) is 3.84. The molecule has 0 aliphatic carbocycles. The van der Waals surface area contributed by atoms with Gasteiger partial charge in [-0.05, 0) is 49.2 Å². The maximum Gasteiger partial charge on any atom is 0.171 e. The lowest BCUT2D eigenvalue weighted by molar-refractivity contribution is 0.111. The van der Waals surface area contributed by atoms with Crippen LogP contribution in [-0.2, 0) is 0 Å². The highest BCUT2D eigenvalue weighted by Gasteiger charge is 2.26. The van der Waals surface area contributed by atoms with Gasteiger partial charge in [0, 0.05) is 32.7 Å². The number of ether oxygens (including phenoxy) is 6. The van der Waals surface area contributed by atoms with Gasteiger partial charge in [0.1, 0.15) is 11.5 Å². The molecule has 4 aromatic rings. The normalized spacial score (nSPS) is 10.8. The molecule has 0 atom stereocenters. The van der Waals surface area contributed by atoms with Crippen molar-refractivity contribution in [3.63, 3.8) is 0 Å². The van der Waals surface area contributed by atoms with E-state index >= 15 is 0 Å². The molecule has 0 N–H and O–H groups in total. The van der Waals surface area contributed by atoms with Crippen molar-refractivity contribution >= 4 is 34.1 Å². The van der Waals surface area contributed by atoms with Crippen LogP contribution in [0.5, 0.6) is 34.5 Å². The minimum Gasteiger partial charge on any atom is -0.495 e. The Hall–Kier alpha value is -4.46. The number of carbonyl (C=O) groups excluding carboxylic acids is 2. The van der Waals surface area contributed by atoms with E-state index in [1.54, 1.807) is 26.4 Å². The zero-order valence-electron chi connectivity index (χ0n) is 22.7. The first-order valence-electron chi connectivity index (χ1n) is 11.8. The number of benzene rings is 4. The predicted molar refractivity (Wildman–Crippen MR) is 146 cm³/mol. The second kappa shape index (κ2) is 10.5. The number of hydrogen-bond donors (Lipinski definition) is 0. The third-order valence-electron chi connectivity index (χ3n) is 6.84. The van der Waals surface area contributed by atoms with Crippen LogP contribution in [0.15, 0.2) is 24.3 Å². The van der Waals surface area contributed by atoms with E-state index in [9.17, 15) is 9.59 Å². The van der Waals surface area contributed by atoms with Crippen molar-refractivity contribution in [2.45, 2.75) is 13.8 Å². The van der Waals surface area contributed by atoms with E-state index in [-0.39, 0.29) is 0 Å². The van der Waals surface area contributed by atoms with Crippen LogP contribution in [0.4, 0.5) is 0 Å². The zero-order valence-corrected chi connectivity index (χ0v) is 22.7. The van der Waals surface area contributed by atoms with Gasteiger partial charge in [0.05, 0.1) is 53.8 Å². The minimum atomic E-state index is 0.353. The van der Waals surface area contributed by atoms with Gasteiger partial charge in [-0.25, -0.2) is 0 Å². The van der Waals surface area contributed by atoms with Gasteiger partial charge in [-0.1, -0.05) is 0 Å². The molecule has 0 fully saturated rings. The lowest BCUT2D eigenvalue weighted by atomic mass is 9.87. The second-order valence-corrected chi connectivity index (χ2v) is 8.68. The lowest BCUT2D eigenvalue weighted by Crippen LogP contribution is -2.03. The smallest absolute Gasteiger partial charge is 0.171 e. The highest BCUT2D eigenvalue weighted by Crippen LogP contribution is 2.51. The van der Waals surface area contributed by atoms with E-state index in [0.717, 1.165) is 34.8 Å². The van der Waals surface area contributed by atoms with Gasteiger partial charge in [-0.2, -0.15) is 0 Å². The molecule has 0 amide bonds. The van der Waals surface area contributed by atoms with Crippen molar-refractivity contribution in [1.29, 1.82) is 0 Å². The Morgan fingerprint density at radius 3 is 1.08 bits per heavy atom. The number of fused-ring (bicyclic) bond motifs is 2. The standard InChI is InChI=1S/C30H30O8/c1-15-9-17-19(11-23(33-3)27(35-5)21(17)13-31)29(37-7)25(15)26-16(2)10-18-20(30(26)38-8)12-24(34-4)28(36-6)22(18)14-32/h9-14H,1-8H3. The number of methoxy groups -OCH3 is 6. The van der Waals surface area contributed by atoms with Gasteiger partial charge in [-0.3, -0.25) is 9.59 Å². The fourth-order valence-corrected chi connectivity index (χ4v) is 5.24. The molecule has 4 aromatic carbocycles. The molecule has 198 valence electrons. The van der Waals surface area contributed by atoms with E-state index in [0.29, 0.717) is 67.2 Å². The SMILES string of the molecule is COc1cc2c(OC)c(-c3c(C)cc4c(C=O)c(OC)c(OC)cc4c3OC)c(C)cc2c(C=O)c1OC. The van der Waals surface area contributed by atoms with E-state index in [2.05, 4.69) is 0 Å². The Morgan fingerprint density at radius 1 is 0.474 bits per heavy atom. The highest BCUT2D eigenvalue weighted by molar-refractivity contribution is 6.11. The Balaban J connectivity index is 2.22. The van der Waals surface area contributed by atoms with Crippen molar-refractivity contribution in [2.75, 3.05) is 42.7 Å². The van der Waals surface area contributed by atoms with Crippen LogP contribution in [0.3, 0.4) is 0 Å². The number of aldehydes is 2. The van der Waals surface area contributed by atoms with Gasteiger partial charge in [-0.15, -0.1) is 0 Å². The first-order chi connectivity index (χ1) is 18.3. The summed E-state index contributed by atoms with van der Waals surface area (Å²) in [6.07, 6.45) is 1.51. The van der Waals surface area contributed by atoms with E-state index in [4.69, 9.17) is 28.4 Å². The molecule has 0 unspecified atom stereocenters. The first kappa shape index (κ1) is 26.6. The molecule has 0 saturated heterocycles. The van der Waals surface area contributed by atoms with Crippen LogP contribution < -0.4 is 28.4 Å². The van der Waals surface area contributed by atoms with Crippen LogP contribution in [-0.4, -0.2) is 55.2 Å². The molecular formula is C30H30O8. The van der Waals surface area contributed by atoms with Crippen molar-refractivity contribution in [2.24, 2.45) is 0 Å². The molecule has 0 radical (unpaired) electrons. The zero-order chi connectivity index (χ0) is 27.7. The summed E-state index contributed by atoms with van der Waals surface area (Å²) in [4.78, 5) is 24.3. The number of hydrogen-bond acceptors (Lipinski definition) is 8. The Labute approximate surface area is 221 Å². The van der Waals surface area contributed by atoms with Crippen LogP contribution in [0.25, 0.3) is 32.7 Å². The van der Waals surface area contributed by atoms with Crippen LogP contribution in [0.1, 0.15) is 31.8 Å². The second-order valence-electron chi connectivity index (χ2n) is 8.68. The third-order valence-corrected chi connectivity index (χ3v) is 6.84. The first-order valence-corrected chi connectivity index (χ1v) is 11.8. The molecule has 0 aliphatic heterocycles. The molecular weight excluding hydrogens is 488 g/mol. The predicted octanol–water partition coefficient (Wildman–Crippen LogP) is 5.95. The molecule has 0 saturated carbocycles. The number of rotatable bonds is 9. The summed E-state index contributed by atoms with van der Waals surface area (Å²) in [5.41, 5.74) is 3.99. The van der Waals surface area contributed by atoms with E-state index < -0.39 is 0 Å². The molecule has 38 heavy (non-hydrogen) atoms. The molecule has 8 nitrogen and oxygen atoms in total. The van der Waals surface area contributed by atoms with Gasteiger partial charge in [0.25, 0.3) is 0 Å². The van der Waals surface area contributed by atoms with Crippen molar-refractivity contribution in [3.8, 4) is 45.6 Å². The van der Waals surface area contributed by atoms with Crippen molar-refractivity contribution < 1.29 is 38.0 Å². The summed E-state index contributed by atoms with van der Waals surface area (Å²) in [7, 11) is 9.18. The van der Waals surface area contributed by atoms with Gasteiger partial charge in [0.15, 0.2) is 35.6 Å². The molecule has 4 rings (SSSR count). The molecule has 8 heteroatoms. The largest absolute Gasteiger partial charge is 0.495 e. The molecule has 0 spiro atoms. The van der Waals surface area contributed by atoms with Gasteiger partial charge in [0.2, 0.25) is 0 Å². The van der Waals surface area contributed by atoms with Crippen LogP contribution in [0.2, 0.25) is 0 Å². The van der Waals surface area contributed by atoms with Gasteiger partial charge < -0.3 is 28.4 Å². The summed E-state index contributed by atoms with van der Waals surface area (Å²) in [5.74, 6) is 2.61. The average Bonchev–Trinajstić information content (AvgIpc) is 2.93. The summed E-state index contributed by atoms with van der Waals surface area (Å²) in [5, 5.41) is 2.69. The fraction of sp³-hybridized carbons (Fsp3) is 0.267. The maximum atomic E-state index is 12.2. The Bertz CT molecular complexity index is 1470. The minimum absolute atomic E-state index is 0.353. The van der Waals surface area contributed by atoms with Crippen molar-refractivity contribution in [1.82, 2.24) is 0 Å².